The molecule has 0 radical (unpaired) electrons. The van der Waals surface area contributed by atoms with E-state index < -0.39 is 5.91 Å². The molecule has 4 N–H and O–H groups in total. The van der Waals surface area contributed by atoms with Gasteiger partial charge in [0, 0.05) is 23.5 Å². The molecule has 0 aromatic heterocycles. The van der Waals surface area contributed by atoms with E-state index in [0.29, 0.717) is 28.0 Å². The highest BCUT2D eigenvalue weighted by Crippen LogP contribution is 2.22. The summed E-state index contributed by atoms with van der Waals surface area (Å²) in [6.45, 7) is 0.294. The van der Waals surface area contributed by atoms with Gasteiger partial charge in [-0.2, -0.15) is 5.26 Å². The molecule has 7 heteroatoms. The number of nitrogens with one attached hydrogen (secondary N) is 2. The van der Waals surface area contributed by atoms with Crippen LogP contribution in [0.2, 0.25) is 10.0 Å². The minimum atomic E-state index is -0.485. The molecule has 0 aliphatic carbocycles. The van der Waals surface area contributed by atoms with E-state index >= 15 is 0 Å². The lowest BCUT2D eigenvalue weighted by Gasteiger charge is -2.06. The summed E-state index contributed by atoms with van der Waals surface area (Å²) in [7, 11) is 0. The monoisotopic (exact) mass is 360 g/mol. The fraction of sp³-hybridized carbons (Fsp3) is 0.0588. The summed E-state index contributed by atoms with van der Waals surface area (Å²) in [6.07, 6.45) is 1.32. The number of carbonyl (C=O) groups excluding carboxylic acids is 1. The van der Waals surface area contributed by atoms with Crippen molar-refractivity contribution in [2.45, 2.75) is 6.54 Å². The number of nitrogens with two attached hydrogens (primary N) is 1. The topological polar surface area (TPSA) is 90.9 Å². The van der Waals surface area contributed by atoms with Crippen LogP contribution >= 0.6 is 23.2 Å². The molecule has 0 atom stereocenters. The summed E-state index contributed by atoms with van der Waals surface area (Å²) in [5, 5.41) is 15.6. The van der Waals surface area contributed by atoms with Gasteiger partial charge in [0.25, 0.3) is 5.91 Å². The number of hydrogen-bond acceptors (Lipinski definition) is 4. The number of nitriles is 1. The number of carbonyl (C=O) groups is 1. The zero-order valence-electron chi connectivity index (χ0n) is 12.5. The lowest BCUT2D eigenvalue weighted by atomic mass is 10.2. The predicted molar refractivity (Wildman–Crippen MR) is 96.5 cm³/mol. The van der Waals surface area contributed by atoms with Gasteiger partial charge in [0.05, 0.1) is 10.7 Å². The summed E-state index contributed by atoms with van der Waals surface area (Å²) < 4.78 is 0. The van der Waals surface area contributed by atoms with Gasteiger partial charge in [-0.25, -0.2) is 0 Å². The molecule has 0 fully saturated rings. The maximum Gasteiger partial charge on any atom is 0.263 e. The van der Waals surface area contributed by atoms with Crippen molar-refractivity contribution in [2.24, 2.45) is 0 Å². The summed E-state index contributed by atoms with van der Waals surface area (Å²) in [5.41, 5.74) is 7.51. The molecule has 2 rings (SSSR count). The van der Waals surface area contributed by atoms with Crippen molar-refractivity contribution < 1.29 is 4.79 Å². The van der Waals surface area contributed by atoms with Crippen LogP contribution < -0.4 is 16.4 Å². The Kier molecular flexibility index (Phi) is 6.07. The molecule has 0 aliphatic rings. The lowest BCUT2D eigenvalue weighted by Crippen LogP contribution is -2.24. The van der Waals surface area contributed by atoms with Gasteiger partial charge in [0.15, 0.2) is 0 Å². The largest absolute Gasteiger partial charge is 0.398 e. The molecule has 2 aromatic carbocycles. The van der Waals surface area contributed by atoms with Gasteiger partial charge in [-0.3, -0.25) is 4.79 Å². The lowest BCUT2D eigenvalue weighted by molar-refractivity contribution is -0.117. The average Bonchev–Trinajstić information content (AvgIpc) is 2.58. The molecule has 0 saturated heterocycles. The quantitative estimate of drug-likeness (QED) is 0.430. The first-order valence-corrected chi connectivity index (χ1v) is 7.69. The molecule has 1 amide bonds. The van der Waals surface area contributed by atoms with Gasteiger partial charge < -0.3 is 16.4 Å². The van der Waals surface area contributed by atoms with Gasteiger partial charge in [-0.1, -0.05) is 35.3 Å². The summed E-state index contributed by atoms with van der Waals surface area (Å²) in [4.78, 5) is 12.0. The van der Waals surface area contributed by atoms with Gasteiger partial charge in [-0.05, 0) is 35.9 Å². The number of anilines is 2. The highest BCUT2D eigenvalue weighted by atomic mass is 35.5. The maximum atomic E-state index is 12.0. The van der Waals surface area contributed by atoms with Crippen LogP contribution in [0.1, 0.15) is 5.56 Å². The number of nitrogen functional groups attached to an aromatic ring is 1. The predicted octanol–water partition coefficient (Wildman–Crippen LogP) is 3.71. The normalized spacial score (nSPS) is 10.8. The molecule has 0 aliphatic heterocycles. The van der Waals surface area contributed by atoms with E-state index in [9.17, 15) is 4.79 Å². The smallest absolute Gasteiger partial charge is 0.263 e. The number of benzene rings is 2. The van der Waals surface area contributed by atoms with Crippen molar-refractivity contribution in [2.75, 3.05) is 11.1 Å². The van der Waals surface area contributed by atoms with E-state index in [1.54, 1.807) is 42.5 Å². The van der Waals surface area contributed by atoms with E-state index in [0.717, 1.165) is 5.56 Å². The van der Waals surface area contributed by atoms with Crippen molar-refractivity contribution in [3.8, 4) is 6.07 Å². The number of hydrogen-bond donors (Lipinski definition) is 3. The molecular formula is C17H14Cl2N4O. The SMILES string of the molecule is N#C/C(=C/Nc1ccc(N)c(Cl)c1)C(=O)NCc1ccc(Cl)cc1. The van der Waals surface area contributed by atoms with Crippen molar-refractivity contribution in [1.82, 2.24) is 5.32 Å². The van der Waals surface area contributed by atoms with E-state index in [1.165, 1.54) is 6.20 Å². The maximum absolute atomic E-state index is 12.0. The summed E-state index contributed by atoms with van der Waals surface area (Å²) in [5.74, 6) is -0.485. The summed E-state index contributed by atoms with van der Waals surface area (Å²) >= 11 is 11.7. The first-order valence-electron chi connectivity index (χ1n) is 6.94. The number of rotatable bonds is 5. The Labute approximate surface area is 149 Å². The van der Waals surface area contributed by atoms with Crippen molar-refractivity contribution in [3.63, 3.8) is 0 Å². The molecule has 0 unspecified atom stereocenters. The fourth-order valence-electron chi connectivity index (χ4n) is 1.80. The van der Waals surface area contributed by atoms with Crippen molar-refractivity contribution >= 4 is 40.5 Å². The Bertz CT molecular complexity index is 810. The second-order valence-corrected chi connectivity index (χ2v) is 5.70. The Hall–Kier alpha value is -2.68. The van der Waals surface area contributed by atoms with Gasteiger partial charge in [0.1, 0.15) is 11.6 Å². The van der Waals surface area contributed by atoms with Crippen LogP contribution in [0.15, 0.2) is 54.2 Å². The average molecular weight is 361 g/mol. The molecule has 122 valence electrons. The number of amides is 1. The zero-order valence-corrected chi connectivity index (χ0v) is 14.0. The molecule has 2 aromatic rings. The van der Waals surface area contributed by atoms with Crippen LogP contribution in [0, 0.1) is 11.3 Å². The first kappa shape index (κ1) is 17.7. The van der Waals surface area contributed by atoms with Gasteiger partial charge in [0.2, 0.25) is 0 Å². The van der Waals surface area contributed by atoms with Crippen LogP contribution in [-0.2, 0) is 11.3 Å². The van der Waals surface area contributed by atoms with Crippen LogP contribution in [0.5, 0.6) is 0 Å². The van der Waals surface area contributed by atoms with E-state index in [4.69, 9.17) is 34.2 Å². The van der Waals surface area contributed by atoms with E-state index in [1.807, 2.05) is 6.07 Å². The highest BCUT2D eigenvalue weighted by Gasteiger charge is 2.08. The van der Waals surface area contributed by atoms with Crippen LogP contribution in [0.25, 0.3) is 0 Å². The second kappa shape index (κ2) is 8.25. The Morgan fingerprint density at radius 3 is 2.54 bits per heavy atom. The fourth-order valence-corrected chi connectivity index (χ4v) is 2.11. The number of halogens is 2. The number of nitrogens with zero attached hydrogens (tertiary/aromatic N) is 1. The van der Waals surface area contributed by atoms with Gasteiger partial charge >= 0.3 is 0 Å². The third-order valence-electron chi connectivity index (χ3n) is 3.12. The molecule has 0 heterocycles. The van der Waals surface area contributed by atoms with E-state index in [-0.39, 0.29) is 5.57 Å². The second-order valence-electron chi connectivity index (χ2n) is 4.86. The standard InChI is InChI=1S/C17H14Cl2N4O/c18-13-3-1-11(2-4-13)9-23-17(24)12(8-20)10-22-14-5-6-16(21)15(19)7-14/h1-7,10,22H,9,21H2,(H,23,24)/b12-10-. The molecular weight excluding hydrogens is 347 g/mol. The van der Waals surface area contributed by atoms with Crippen LogP contribution in [0.3, 0.4) is 0 Å². The molecule has 0 saturated carbocycles. The molecule has 0 spiro atoms. The molecule has 5 nitrogen and oxygen atoms in total. The van der Waals surface area contributed by atoms with Crippen molar-refractivity contribution in [1.29, 1.82) is 5.26 Å². The minimum absolute atomic E-state index is 0.0584. The third-order valence-corrected chi connectivity index (χ3v) is 3.69. The minimum Gasteiger partial charge on any atom is -0.398 e. The third kappa shape index (κ3) is 4.92. The van der Waals surface area contributed by atoms with Crippen molar-refractivity contribution in [3.05, 3.63) is 69.8 Å². The van der Waals surface area contributed by atoms with Gasteiger partial charge in [-0.15, -0.1) is 0 Å². The summed E-state index contributed by atoms with van der Waals surface area (Å²) in [6, 6.07) is 13.8. The van der Waals surface area contributed by atoms with Crippen LogP contribution in [-0.4, -0.2) is 5.91 Å². The molecule has 24 heavy (non-hydrogen) atoms. The Morgan fingerprint density at radius 2 is 1.92 bits per heavy atom. The first-order chi connectivity index (χ1) is 11.5. The van der Waals surface area contributed by atoms with Crippen LogP contribution in [0.4, 0.5) is 11.4 Å². The van der Waals surface area contributed by atoms with E-state index in [2.05, 4.69) is 10.6 Å². The zero-order chi connectivity index (χ0) is 17.5. The Balaban J connectivity index is 1.98. The Morgan fingerprint density at radius 1 is 1.21 bits per heavy atom. The highest BCUT2D eigenvalue weighted by molar-refractivity contribution is 6.33. The molecule has 0 bridgehead atoms.